The predicted molar refractivity (Wildman–Crippen MR) is 130 cm³/mol. The van der Waals surface area contributed by atoms with Gasteiger partial charge in [-0.15, -0.1) is 23.7 Å². The lowest BCUT2D eigenvalue weighted by Gasteiger charge is -2.14. The Morgan fingerprint density at radius 2 is 1.90 bits per heavy atom. The molecule has 2 heterocycles. The third-order valence-corrected chi connectivity index (χ3v) is 6.43. The third-order valence-electron chi connectivity index (χ3n) is 4.67. The van der Waals surface area contributed by atoms with E-state index in [2.05, 4.69) is 5.32 Å². The van der Waals surface area contributed by atoms with Crippen molar-refractivity contribution >= 4 is 63.8 Å². The van der Waals surface area contributed by atoms with Crippen LogP contribution in [0.25, 0.3) is 32.6 Å². The van der Waals surface area contributed by atoms with Crippen molar-refractivity contribution < 1.29 is 9.18 Å². The molecular formula is C23H18Cl3FN2OS. The molecule has 1 N–H and O–H groups in total. The fourth-order valence-electron chi connectivity index (χ4n) is 3.30. The Morgan fingerprint density at radius 3 is 2.65 bits per heavy atom. The molecule has 31 heavy (non-hydrogen) atoms. The van der Waals surface area contributed by atoms with E-state index in [0.717, 1.165) is 9.75 Å². The number of carbonyl (C=O) groups is 1. The highest BCUT2D eigenvalue weighted by atomic mass is 35.5. The Labute approximate surface area is 199 Å². The summed E-state index contributed by atoms with van der Waals surface area (Å²) in [5, 5.41) is 4.40. The number of nitrogens with one attached hydrogen (secondary N) is 1. The molecule has 4 aromatic rings. The number of pyridine rings is 1. The van der Waals surface area contributed by atoms with E-state index in [1.807, 2.05) is 18.2 Å². The summed E-state index contributed by atoms with van der Waals surface area (Å²) in [5.74, 6) is -0.417. The Balaban J connectivity index is 0.00000272. The molecule has 0 aliphatic carbocycles. The molecule has 0 radical (unpaired) electrons. The Morgan fingerprint density at radius 1 is 1.13 bits per heavy atom. The molecule has 2 aromatic heterocycles. The molecule has 8 heteroatoms. The number of hydrogen-bond acceptors (Lipinski definition) is 3. The Kier molecular flexibility index (Phi) is 7.55. The smallest absolute Gasteiger partial charge is 0.216 e. The monoisotopic (exact) mass is 494 g/mol. The molecule has 3 nitrogen and oxygen atoms in total. The van der Waals surface area contributed by atoms with Gasteiger partial charge in [0.05, 0.1) is 15.4 Å². The van der Waals surface area contributed by atoms with Crippen LogP contribution in [0.5, 0.6) is 0 Å². The quantitative estimate of drug-likeness (QED) is 0.319. The van der Waals surface area contributed by atoms with Crippen molar-refractivity contribution in [3.05, 3.63) is 75.3 Å². The number of benzene rings is 2. The summed E-state index contributed by atoms with van der Waals surface area (Å²) in [7, 11) is 0. The fourth-order valence-corrected chi connectivity index (χ4v) is 4.88. The summed E-state index contributed by atoms with van der Waals surface area (Å²) in [4.78, 5) is 17.8. The van der Waals surface area contributed by atoms with Crippen LogP contribution in [0.4, 0.5) is 4.39 Å². The maximum Gasteiger partial charge on any atom is 0.216 e. The van der Waals surface area contributed by atoms with Gasteiger partial charge in [-0.1, -0.05) is 41.4 Å². The number of hydrogen-bond donors (Lipinski definition) is 1. The van der Waals surface area contributed by atoms with Crippen molar-refractivity contribution in [1.29, 1.82) is 0 Å². The van der Waals surface area contributed by atoms with Gasteiger partial charge in [0.15, 0.2) is 0 Å². The van der Waals surface area contributed by atoms with E-state index in [1.165, 1.54) is 13.0 Å². The normalized spacial score (nSPS) is 10.7. The largest absolute Gasteiger partial charge is 0.356 e. The van der Waals surface area contributed by atoms with Crippen LogP contribution in [0, 0.1) is 5.82 Å². The molecule has 160 valence electrons. The van der Waals surface area contributed by atoms with Gasteiger partial charge in [-0.25, -0.2) is 9.37 Å². The maximum absolute atomic E-state index is 14.7. The molecule has 0 fully saturated rings. The van der Waals surface area contributed by atoms with Crippen molar-refractivity contribution in [3.8, 4) is 21.7 Å². The van der Waals surface area contributed by atoms with Crippen molar-refractivity contribution in [2.75, 3.05) is 6.54 Å². The first-order valence-electron chi connectivity index (χ1n) is 9.31. The van der Waals surface area contributed by atoms with Crippen LogP contribution in [-0.2, 0) is 11.2 Å². The van der Waals surface area contributed by atoms with Crippen LogP contribution in [0.3, 0.4) is 0 Å². The second kappa shape index (κ2) is 9.96. The first kappa shape index (κ1) is 23.5. The van der Waals surface area contributed by atoms with E-state index in [4.69, 9.17) is 28.2 Å². The van der Waals surface area contributed by atoms with Crippen LogP contribution in [-0.4, -0.2) is 17.4 Å². The summed E-state index contributed by atoms with van der Waals surface area (Å²) in [6, 6.07) is 15.8. The van der Waals surface area contributed by atoms with E-state index >= 15 is 0 Å². The van der Waals surface area contributed by atoms with Gasteiger partial charge in [0.25, 0.3) is 0 Å². The van der Waals surface area contributed by atoms with Crippen molar-refractivity contribution in [3.63, 3.8) is 0 Å². The topological polar surface area (TPSA) is 42.0 Å². The first-order chi connectivity index (χ1) is 14.4. The third kappa shape index (κ3) is 5.01. The van der Waals surface area contributed by atoms with Gasteiger partial charge >= 0.3 is 0 Å². The average molecular weight is 496 g/mol. The molecule has 0 unspecified atom stereocenters. The highest BCUT2D eigenvalue weighted by Gasteiger charge is 2.20. The number of rotatable bonds is 5. The minimum atomic E-state index is -0.361. The van der Waals surface area contributed by atoms with E-state index in [-0.39, 0.29) is 24.1 Å². The number of halogens is 4. The Bertz CT molecular complexity index is 1260. The lowest BCUT2D eigenvalue weighted by Crippen LogP contribution is -2.21. The van der Waals surface area contributed by atoms with Crippen LogP contribution in [0.2, 0.25) is 10.0 Å². The van der Waals surface area contributed by atoms with Gasteiger partial charge in [-0.3, -0.25) is 4.79 Å². The van der Waals surface area contributed by atoms with E-state index in [1.54, 1.807) is 41.7 Å². The molecule has 0 bridgehead atoms. The molecular weight excluding hydrogens is 478 g/mol. The zero-order valence-corrected chi connectivity index (χ0v) is 19.6. The number of carbonyl (C=O) groups excluding carboxylic acids is 1. The zero-order valence-electron chi connectivity index (χ0n) is 16.4. The van der Waals surface area contributed by atoms with Crippen LogP contribution < -0.4 is 5.32 Å². The van der Waals surface area contributed by atoms with Gasteiger partial charge in [-0.2, -0.15) is 0 Å². The molecule has 0 saturated carbocycles. The fraction of sp³-hybridized carbons (Fsp3) is 0.130. The summed E-state index contributed by atoms with van der Waals surface area (Å²) in [5.41, 5.74) is 2.26. The van der Waals surface area contributed by atoms with Gasteiger partial charge in [-0.05, 0) is 42.8 Å². The lowest BCUT2D eigenvalue weighted by molar-refractivity contribution is -0.118. The highest BCUT2D eigenvalue weighted by molar-refractivity contribution is 7.15. The molecule has 0 spiro atoms. The number of thiophene rings is 1. The summed E-state index contributed by atoms with van der Waals surface area (Å²) < 4.78 is 14.7. The molecule has 0 atom stereocenters. The van der Waals surface area contributed by atoms with Gasteiger partial charge in [0.2, 0.25) is 5.91 Å². The minimum Gasteiger partial charge on any atom is -0.356 e. The maximum atomic E-state index is 14.7. The standard InChI is InChI=1S/C23H17Cl2FN2OS.ClH/c1-13(29)27-11-10-15-7-9-20(30-15)23-22(25)21(16-4-2-3-5-18(16)26)17-12-14(24)6-8-19(17)28-23;/h2-9,12H,10-11H2,1H3,(H,27,29);1H. The molecule has 0 aliphatic rings. The second-order valence-electron chi connectivity index (χ2n) is 6.79. The molecule has 0 saturated heterocycles. The molecule has 1 amide bonds. The van der Waals surface area contributed by atoms with Gasteiger partial charge in [0.1, 0.15) is 11.5 Å². The first-order valence-corrected chi connectivity index (χ1v) is 10.9. The van der Waals surface area contributed by atoms with Crippen molar-refractivity contribution in [1.82, 2.24) is 10.3 Å². The van der Waals surface area contributed by atoms with Gasteiger partial charge in [0, 0.05) is 39.9 Å². The van der Waals surface area contributed by atoms with Gasteiger partial charge < -0.3 is 5.32 Å². The number of aromatic nitrogens is 1. The van der Waals surface area contributed by atoms with Crippen LogP contribution >= 0.6 is 46.9 Å². The SMILES string of the molecule is CC(=O)NCCc1ccc(-c2nc3ccc(Cl)cc3c(-c3ccccc3F)c2Cl)s1.Cl. The Hall–Kier alpha value is -2.18. The van der Waals surface area contributed by atoms with Crippen LogP contribution in [0.1, 0.15) is 11.8 Å². The van der Waals surface area contributed by atoms with Crippen molar-refractivity contribution in [2.45, 2.75) is 13.3 Å². The number of nitrogens with zero attached hydrogens (tertiary/aromatic N) is 1. The molecule has 2 aromatic carbocycles. The molecule has 4 rings (SSSR count). The van der Waals surface area contributed by atoms with Crippen molar-refractivity contribution in [2.24, 2.45) is 0 Å². The lowest BCUT2D eigenvalue weighted by atomic mass is 9.99. The van der Waals surface area contributed by atoms with Crippen LogP contribution in [0.15, 0.2) is 54.6 Å². The predicted octanol–water partition coefficient (Wildman–Crippen LogP) is 7.18. The molecule has 0 aliphatic heterocycles. The number of fused-ring (bicyclic) bond motifs is 1. The summed E-state index contributed by atoms with van der Waals surface area (Å²) in [6.45, 7) is 2.06. The highest BCUT2D eigenvalue weighted by Crippen LogP contribution is 2.43. The summed E-state index contributed by atoms with van der Waals surface area (Å²) in [6.07, 6.45) is 0.714. The summed E-state index contributed by atoms with van der Waals surface area (Å²) >= 11 is 14.6. The minimum absolute atomic E-state index is 0. The van der Waals surface area contributed by atoms with E-state index in [0.29, 0.717) is 50.7 Å². The van der Waals surface area contributed by atoms with E-state index in [9.17, 15) is 9.18 Å². The average Bonchev–Trinajstić information content (AvgIpc) is 3.17. The second-order valence-corrected chi connectivity index (χ2v) is 8.77. The number of amides is 1. The zero-order chi connectivity index (χ0) is 21.3. The van der Waals surface area contributed by atoms with E-state index < -0.39 is 0 Å².